The highest BCUT2D eigenvalue weighted by atomic mass is 16.4. The van der Waals surface area contributed by atoms with Gasteiger partial charge in [0.25, 0.3) is 0 Å². The van der Waals surface area contributed by atoms with E-state index in [1.54, 1.807) is 0 Å². The largest absolute Gasteiger partial charge is 0.502 e. The number of nitrogens with zero attached hydrogens (tertiary/aromatic N) is 1. The molecule has 5 nitrogen and oxygen atoms in total. The minimum absolute atomic E-state index is 0.323. The smallest absolute Gasteiger partial charge is 0.226 e. The van der Waals surface area contributed by atoms with E-state index in [0.717, 1.165) is 44.3 Å². The van der Waals surface area contributed by atoms with E-state index < -0.39 is 0 Å². The van der Waals surface area contributed by atoms with Crippen LogP contribution in [0.25, 0.3) is 0 Å². The van der Waals surface area contributed by atoms with E-state index in [9.17, 15) is 4.79 Å². The van der Waals surface area contributed by atoms with Gasteiger partial charge in [0, 0.05) is 19.2 Å². The summed E-state index contributed by atoms with van der Waals surface area (Å²) in [6, 6.07) is 1.38. The van der Waals surface area contributed by atoms with E-state index in [0.29, 0.717) is 12.3 Å². The first-order valence-electron chi connectivity index (χ1n) is 5.96. The number of rotatable bonds is 2. The van der Waals surface area contributed by atoms with Gasteiger partial charge in [-0.05, 0) is 24.9 Å². The first-order chi connectivity index (χ1) is 8.22. The molecule has 0 aromatic carbocycles. The van der Waals surface area contributed by atoms with E-state index >= 15 is 0 Å². The Labute approximate surface area is 99.0 Å². The van der Waals surface area contributed by atoms with Crippen molar-refractivity contribution in [2.45, 2.75) is 6.54 Å². The molecule has 17 heavy (non-hydrogen) atoms. The van der Waals surface area contributed by atoms with Gasteiger partial charge in [-0.3, -0.25) is 9.69 Å². The van der Waals surface area contributed by atoms with E-state index in [-0.39, 0.29) is 11.2 Å². The minimum atomic E-state index is -0.368. The normalized spacial score (nSPS) is 28.5. The minimum Gasteiger partial charge on any atom is -0.502 e. The highest BCUT2D eigenvalue weighted by Crippen LogP contribution is 2.27. The molecule has 1 aromatic rings. The summed E-state index contributed by atoms with van der Waals surface area (Å²) < 4.78 is 5.22. The Morgan fingerprint density at radius 1 is 1.41 bits per heavy atom. The molecule has 2 unspecified atom stereocenters. The summed E-state index contributed by atoms with van der Waals surface area (Å²) >= 11 is 0. The van der Waals surface area contributed by atoms with E-state index in [4.69, 9.17) is 9.52 Å². The predicted molar refractivity (Wildman–Crippen MR) is 61.8 cm³/mol. The Balaban J connectivity index is 1.67. The van der Waals surface area contributed by atoms with Crippen LogP contribution in [0.2, 0.25) is 0 Å². The zero-order valence-corrected chi connectivity index (χ0v) is 9.56. The molecule has 0 aliphatic carbocycles. The molecule has 92 valence electrons. The molecule has 1 aromatic heterocycles. The summed E-state index contributed by atoms with van der Waals surface area (Å²) in [5.41, 5.74) is -0.368. The first kappa shape index (κ1) is 10.8. The molecule has 0 saturated carbocycles. The summed E-state index contributed by atoms with van der Waals surface area (Å²) in [5, 5.41) is 12.5. The molecule has 0 amide bonds. The van der Waals surface area contributed by atoms with E-state index in [2.05, 4.69) is 10.2 Å². The van der Waals surface area contributed by atoms with Crippen molar-refractivity contribution in [3.8, 4) is 5.75 Å². The Bertz CT molecular complexity index is 459. The van der Waals surface area contributed by atoms with Crippen LogP contribution < -0.4 is 10.7 Å². The van der Waals surface area contributed by atoms with E-state index in [1.807, 2.05) is 0 Å². The van der Waals surface area contributed by atoms with Crippen molar-refractivity contribution in [2.75, 3.05) is 26.2 Å². The highest BCUT2D eigenvalue weighted by Gasteiger charge is 2.36. The van der Waals surface area contributed by atoms with Gasteiger partial charge < -0.3 is 14.8 Å². The summed E-state index contributed by atoms with van der Waals surface area (Å²) in [5.74, 6) is 1.77. The number of fused-ring (bicyclic) bond motifs is 1. The second-order valence-electron chi connectivity index (χ2n) is 4.97. The Kier molecular flexibility index (Phi) is 2.64. The molecular weight excluding hydrogens is 220 g/mol. The molecular formula is C12H16N2O3. The van der Waals surface area contributed by atoms with Gasteiger partial charge in [0.2, 0.25) is 5.43 Å². The van der Waals surface area contributed by atoms with Crippen LogP contribution in [0, 0.1) is 11.8 Å². The quantitative estimate of drug-likeness (QED) is 0.756. The van der Waals surface area contributed by atoms with Gasteiger partial charge in [0.15, 0.2) is 5.75 Å². The third-order valence-corrected chi connectivity index (χ3v) is 3.71. The lowest BCUT2D eigenvalue weighted by Gasteiger charge is -2.15. The Morgan fingerprint density at radius 2 is 2.12 bits per heavy atom. The molecule has 3 heterocycles. The number of hydrogen-bond donors (Lipinski definition) is 2. The average molecular weight is 236 g/mol. The fourth-order valence-electron chi connectivity index (χ4n) is 2.83. The van der Waals surface area contributed by atoms with Crippen molar-refractivity contribution >= 4 is 0 Å². The molecule has 2 fully saturated rings. The maximum absolute atomic E-state index is 11.3. The fourth-order valence-corrected chi connectivity index (χ4v) is 2.83. The van der Waals surface area contributed by atoms with Crippen LogP contribution in [-0.2, 0) is 6.54 Å². The highest BCUT2D eigenvalue weighted by molar-refractivity contribution is 5.15. The van der Waals surface area contributed by atoms with Gasteiger partial charge in [-0.1, -0.05) is 0 Å². The van der Waals surface area contributed by atoms with Gasteiger partial charge in [-0.2, -0.15) is 0 Å². The van der Waals surface area contributed by atoms with Crippen molar-refractivity contribution in [1.82, 2.24) is 10.2 Å². The fraction of sp³-hybridized carbons (Fsp3) is 0.583. The van der Waals surface area contributed by atoms with Gasteiger partial charge >= 0.3 is 0 Å². The van der Waals surface area contributed by atoms with Crippen LogP contribution in [0.15, 0.2) is 21.5 Å². The lowest BCUT2D eigenvalue weighted by Crippen LogP contribution is -2.25. The van der Waals surface area contributed by atoms with Crippen molar-refractivity contribution < 1.29 is 9.52 Å². The Hall–Kier alpha value is -1.33. The maximum Gasteiger partial charge on any atom is 0.226 e. The molecule has 0 bridgehead atoms. The van der Waals surface area contributed by atoms with Crippen LogP contribution >= 0.6 is 0 Å². The van der Waals surface area contributed by atoms with Crippen LogP contribution in [0.3, 0.4) is 0 Å². The summed E-state index contributed by atoms with van der Waals surface area (Å²) in [6.07, 6.45) is 1.12. The standard InChI is InChI=1S/C12H16N2O3/c15-11-1-10(17-7-12(11)16)6-14-4-8-2-13-3-9(8)5-14/h1,7-9,13,16H,2-6H2. The summed E-state index contributed by atoms with van der Waals surface area (Å²) in [4.78, 5) is 13.6. The third kappa shape index (κ3) is 2.08. The number of likely N-dealkylation sites (tertiary alicyclic amines) is 1. The van der Waals surface area contributed by atoms with Crippen molar-refractivity contribution in [3.63, 3.8) is 0 Å². The Morgan fingerprint density at radius 3 is 2.76 bits per heavy atom. The van der Waals surface area contributed by atoms with Crippen molar-refractivity contribution in [3.05, 3.63) is 28.3 Å². The van der Waals surface area contributed by atoms with Gasteiger partial charge in [0.05, 0.1) is 6.54 Å². The maximum atomic E-state index is 11.3. The average Bonchev–Trinajstić information content (AvgIpc) is 2.84. The van der Waals surface area contributed by atoms with Gasteiger partial charge in [-0.15, -0.1) is 0 Å². The molecule has 2 N–H and O–H groups in total. The zero-order chi connectivity index (χ0) is 11.8. The second-order valence-corrected chi connectivity index (χ2v) is 4.97. The zero-order valence-electron chi connectivity index (χ0n) is 9.56. The van der Waals surface area contributed by atoms with Crippen molar-refractivity contribution in [1.29, 1.82) is 0 Å². The van der Waals surface area contributed by atoms with Gasteiger partial charge in [-0.25, -0.2) is 0 Å². The molecule has 2 aliphatic heterocycles. The monoisotopic (exact) mass is 236 g/mol. The number of hydrogen-bond acceptors (Lipinski definition) is 5. The van der Waals surface area contributed by atoms with Crippen molar-refractivity contribution in [2.24, 2.45) is 11.8 Å². The lowest BCUT2D eigenvalue weighted by atomic mass is 10.0. The van der Waals surface area contributed by atoms with Crippen LogP contribution in [0.1, 0.15) is 5.76 Å². The second kappa shape index (κ2) is 4.16. The van der Waals surface area contributed by atoms with Crippen LogP contribution in [-0.4, -0.2) is 36.2 Å². The van der Waals surface area contributed by atoms with Crippen LogP contribution in [0.4, 0.5) is 0 Å². The molecule has 2 aliphatic rings. The SMILES string of the molecule is O=c1cc(CN2CC3CNCC3C2)occ1O. The first-order valence-corrected chi connectivity index (χ1v) is 5.96. The molecule has 3 rings (SSSR count). The van der Waals surface area contributed by atoms with Crippen LogP contribution in [0.5, 0.6) is 5.75 Å². The number of nitrogens with one attached hydrogen (secondary N) is 1. The number of aromatic hydroxyl groups is 1. The molecule has 0 radical (unpaired) electrons. The predicted octanol–water partition coefficient (Wildman–Crippen LogP) is -0.00340. The molecule has 2 saturated heterocycles. The third-order valence-electron chi connectivity index (χ3n) is 3.71. The summed E-state index contributed by atoms with van der Waals surface area (Å²) in [7, 11) is 0. The molecule has 0 spiro atoms. The molecule has 2 atom stereocenters. The van der Waals surface area contributed by atoms with E-state index in [1.165, 1.54) is 6.07 Å². The lowest BCUT2D eigenvalue weighted by molar-refractivity contribution is 0.271. The molecule has 5 heteroatoms. The topological polar surface area (TPSA) is 65.7 Å². The van der Waals surface area contributed by atoms with Gasteiger partial charge in [0.1, 0.15) is 12.0 Å². The summed E-state index contributed by atoms with van der Waals surface area (Å²) in [6.45, 7) is 4.97.